The van der Waals surface area contributed by atoms with E-state index in [-0.39, 0.29) is 16.6 Å². The first kappa shape index (κ1) is 12.5. The average Bonchev–Trinajstić information content (AvgIpc) is 2.47. The maximum absolute atomic E-state index is 12.5. The van der Waals surface area contributed by atoms with E-state index >= 15 is 0 Å². The van der Waals surface area contributed by atoms with Crippen LogP contribution in [0.1, 0.15) is 12.5 Å². The van der Waals surface area contributed by atoms with Crippen LogP contribution in [0.15, 0.2) is 57.8 Å². The second-order valence-corrected chi connectivity index (χ2v) is 4.65. The van der Waals surface area contributed by atoms with Gasteiger partial charge in [0.15, 0.2) is 0 Å². The van der Waals surface area contributed by atoms with Gasteiger partial charge in [-0.25, -0.2) is 0 Å². The van der Waals surface area contributed by atoms with Crippen molar-refractivity contribution in [2.75, 3.05) is 0 Å². The Labute approximate surface area is 115 Å². The minimum absolute atomic E-state index is 0.0140. The van der Waals surface area contributed by atoms with Gasteiger partial charge in [-0.15, -0.1) is 0 Å². The van der Waals surface area contributed by atoms with Gasteiger partial charge in [-0.05, 0) is 37.1 Å². The lowest BCUT2D eigenvalue weighted by Gasteiger charge is -2.06. The highest BCUT2D eigenvalue weighted by molar-refractivity contribution is 5.93. The molecule has 0 unspecified atom stereocenters. The van der Waals surface area contributed by atoms with E-state index in [9.17, 15) is 9.90 Å². The fourth-order valence-electron chi connectivity index (χ4n) is 2.33. The third kappa shape index (κ3) is 1.88. The molecule has 0 atom stereocenters. The molecule has 0 fully saturated rings. The zero-order valence-corrected chi connectivity index (χ0v) is 11.1. The van der Waals surface area contributed by atoms with Gasteiger partial charge < -0.3 is 9.52 Å². The Balaban J connectivity index is 2.39. The Bertz CT molecular complexity index is 872. The fraction of sp³-hybridized carbons (Fsp3) is 0.118. The van der Waals surface area contributed by atoms with E-state index in [1.54, 1.807) is 30.3 Å². The van der Waals surface area contributed by atoms with E-state index in [0.717, 1.165) is 5.56 Å². The Kier molecular flexibility index (Phi) is 3.03. The summed E-state index contributed by atoms with van der Waals surface area (Å²) in [4.78, 5) is 12.5. The molecule has 2 aromatic carbocycles. The first-order valence-electron chi connectivity index (χ1n) is 6.50. The van der Waals surface area contributed by atoms with Gasteiger partial charge in [0.2, 0.25) is 5.43 Å². The molecule has 0 saturated heterocycles. The van der Waals surface area contributed by atoms with Crippen molar-refractivity contribution in [2.45, 2.75) is 13.3 Å². The number of rotatable bonds is 2. The van der Waals surface area contributed by atoms with Crippen LogP contribution in [-0.4, -0.2) is 5.11 Å². The molecule has 3 aromatic rings. The molecule has 0 radical (unpaired) electrons. The molecule has 0 aliphatic carbocycles. The van der Waals surface area contributed by atoms with Crippen molar-refractivity contribution < 1.29 is 9.52 Å². The van der Waals surface area contributed by atoms with Gasteiger partial charge >= 0.3 is 0 Å². The zero-order chi connectivity index (χ0) is 14.1. The summed E-state index contributed by atoms with van der Waals surface area (Å²) in [6.45, 7) is 1.92. The molecule has 3 rings (SSSR count). The second-order valence-electron chi connectivity index (χ2n) is 4.65. The standard InChI is InChI=1S/C17H14O3/c1-2-3-6-11-9-10-14-15(16(11)18)17(19)12-7-4-5-8-13(12)20-14/h2-5,7-10,18H,6H2,1H3. The van der Waals surface area contributed by atoms with Crippen LogP contribution >= 0.6 is 0 Å². The van der Waals surface area contributed by atoms with Crippen molar-refractivity contribution in [1.29, 1.82) is 0 Å². The molecule has 0 bridgehead atoms. The van der Waals surface area contributed by atoms with Crippen molar-refractivity contribution >= 4 is 21.9 Å². The zero-order valence-electron chi connectivity index (χ0n) is 11.1. The third-order valence-electron chi connectivity index (χ3n) is 3.38. The molecule has 1 aromatic heterocycles. The Morgan fingerprint density at radius 2 is 1.95 bits per heavy atom. The predicted octanol–water partition coefficient (Wildman–Crippen LogP) is 3.77. The number of phenolic OH excluding ortho intramolecular Hbond substituents is 1. The second kappa shape index (κ2) is 4.85. The highest BCUT2D eigenvalue weighted by Gasteiger charge is 2.13. The molecular weight excluding hydrogens is 252 g/mol. The van der Waals surface area contributed by atoms with E-state index in [2.05, 4.69) is 0 Å². The van der Waals surface area contributed by atoms with Gasteiger partial charge in [-0.2, -0.15) is 0 Å². The largest absolute Gasteiger partial charge is 0.507 e. The highest BCUT2D eigenvalue weighted by atomic mass is 16.3. The first-order valence-corrected chi connectivity index (χ1v) is 6.50. The molecule has 0 saturated carbocycles. The Morgan fingerprint density at radius 1 is 1.15 bits per heavy atom. The summed E-state index contributed by atoms with van der Waals surface area (Å²) < 4.78 is 5.69. The number of benzene rings is 2. The van der Waals surface area contributed by atoms with Gasteiger partial charge in [0.05, 0.1) is 5.39 Å². The van der Waals surface area contributed by atoms with Crippen LogP contribution in [0.2, 0.25) is 0 Å². The fourth-order valence-corrected chi connectivity index (χ4v) is 2.33. The summed E-state index contributed by atoms with van der Waals surface area (Å²) in [5.74, 6) is 0.0140. The topological polar surface area (TPSA) is 50.4 Å². The van der Waals surface area contributed by atoms with Crippen LogP contribution in [0.5, 0.6) is 5.75 Å². The lowest BCUT2D eigenvalue weighted by atomic mass is 10.0. The number of fused-ring (bicyclic) bond motifs is 2. The third-order valence-corrected chi connectivity index (χ3v) is 3.38. The number of hydrogen-bond acceptors (Lipinski definition) is 3. The molecule has 100 valence electrons. The molecule has 0 amide bonds. The van der Waals surface area contributed by atoms with Crippen molar-refractivity contribution in [3.8, 4) is 5.75 Å². The minimum atomic E-state index is -0.193. The van der Waals surface area contributed by atoms with Crippen LogP contribution in [0.25, 0.3) is 21.9 Å². The lowest BCUT2D eigenvalue weighted by molar-refractivity contribution is 0.474. The molecule has 3 nitrogen and oxygen atoms in total. The predicted molar refractivity (Wildman–Crippen MR) is 80.2 cm³/mol. The van der Waals surface area contributed by atoms with Crippen LogP contribution in [-0.2, 0) is 6.42 Å². The molecule has 1 N–H and O–H groups in total. The van der Waals surface area contributed by atoms with Crippen LogP contribution in [0.4, 0.5) is 0 Å². The monoisotopic (exact) mass is 266 g/mol. The van der Waals surface area contributed by atoms with E-state index in [1.165, 1.54) is 0 Å². The molecule has 3 heteroatoms. The SMILES string of the molecule is CC=CCc1ccc2oc3ccccc3c(=O)c2c1O. The summed E-state index contributed by atoms with van der Waals surface area (Å²) in [6.07, 6.45) is 4.43. The normalized spacial score (nSPS) is 11.7. The maximum atomic E-state index is 12.5. The van der Waals surface area contributed by atoms with Gasteiger partial charge in [0, 0.05) is 0 Å². The summed E-state index contributed by atoms with van der Waals surface area (Å²) in [6, 6.07) is 10.6. The molecular formula is C17H14O3. The minimum Gasteiger partial charge on any atom is -0.507 e. The highest BCUT2D eigenvalue weighted by Crippen LogP contribution is 2.29. The first-order chi connectivity index (χ1) is 9.72. The van der Waals surface area contributed by atoms with E-state index in [4.69, 9.17) is 4.42 Å². The Hall–Kier alpha value is -2.55. The molecule has 0 aliphatic heterocycles. The summed E-state index contributed by atoms with van der Waals surface area (Å²) >= 11 is 0. The Morgan fingerprint density at radius 3 is 2.75 bits per heavy atom. The van der Waals surface area contributed by atoms with Crippen LogP contribution in [0.3, 0.4) is 0 Å². The molecule has 20 heavy (non-hydrogen) atoms. The van der Waals surface area contributed by atoms with Crippen molar-refractivity contribution in [2.24, 2.45) is 0 Å². The van der Waals surface area contributed by atoms with E-state index in [1.807, 2.05) is 25.1 Å². The molecule has 1 heterocycles. The number of phenols is 1. The summed E-state index contributed by atoms with van der Waals surface area (Å²) in [7, 11) is 0. The smallest absolute Gasteiger partial charge is 0.204 e. The van der Waals surface area contributed by atoms with Crippen LogP contribution < -0.4 is 5.43 Å². The van der Waals surface area contributed by atoms with Crippen LogP contribution in [0, 0.1) is 0 Å². The van der Waals surface area contributed by atoms with Gasteiger partial charge in [-0.3, -0.25) is 4.79 Å². The number of aromatic hydroxyl groups is 1. The van der Waals surface area contributed by atoms with Crippen molar-refractivity contribution in [3.05, 3.63) is 64.3 Å². The molecule has 0 spiro atoms. The van der Waals surface area contributed by atoms with Crippen molar-refractivity contribution in [3.63, 3.8) is 0 Å². The number of para-hydroxylation sites is 1. The van der Waals surface area contributed by atoms with Gasteiger partial charge in [-0.1, -0.05) is 30.4 Å². The van der Waals surface area contributed by atoms with E-state index in [0.29, 0.717) is 23.0 Å². The quantitative estimate of drug-likeness (QED) is 0.567. The van der Waals surface area contributed by atoms with Gasteiger partial charge in [0.25, 0.3) is 0 Å². The maximum Gasteiger partial charge on any atom is 0.204 e. The summed E-state index contributed by atoms with van der Waals surface area (Å²) in [5, 5.41) is 11.1. The van der Waals surface area contributed by atoms with E-state index < -0.39 is 0 Å². The van der Waals surface area contributed by atoms with Crippen molar-refractivity contribution in [1.82, 2.24) is 0 Å². The van der Waals surface area contributed by atoms with Gasteiger partial charge in [0.1, 0.15) is 22.3 Å². The number of allylic oxidation sites excluding steroid dienone is 2. The number of hydrogen-bond donors (Lipinski definition) is 1. The average molecular weight is 266 g/mol. The lowest BCUT2D eigenvalue weighted by Crippen LogP contribution is -2.03. The summed E-state index contributed by atoms with van der Waals surface area (Å²) in [5.41, 5.74) is 1.47. The molecule has 0 aliphatic rings.